The number of carbonyl (C=O) groups excluding carboxylic acids is 1. The van der Waals surface area contributed by atoms with Crippen molar-refractivity contribution in [3.63, 3.8) is 0 Å². The highest BCUT2D eigenvalue weighted by Crippen LogP contribution is 2.22. The van der Waals surface area contributed by atoms with Gasteiger partial charge in [-0.25, -0.2) is 9.18 Å². The second kappa shape index (κ2) is 6.09. The predicted molar refractivity (Wildman–Crippen MR) is 68.1 cm³/mol. The van der Waals surface area contributed by atoms with Crippen LogP contribution in [0, 0.1) is 25.7 Å². The molecule has 0 radical (unpaired) electrons. The molecule has 0 spiro atoms. The SMILES string of the molecule is Cc1cc(C)c(NC(=O)N(CCF)N=O)c(C)c1. The van der Waals surface area contributed by atoms with Crippen molar-refractivity contribution in [2.24, 2.45) is 5.29 Å². The number of nitrogens with zero attached hydrogens (tertiary/aromatic N) is 2. The van der Waals surface area contributed by atoms with Crippen LogP contribution in [0.5, 0.6) is 0 Å². The highest BCUT2D eigenvalue weighted by atomic mass is 19.1. The van der Waals surface area contributed by atoms with Gasteiger partial charge in [0, 0.05) is 5.69 Å². The molecule has 6 heteroatoms. The fourth-order valence-electron chi connectivity index (χ4n) is 1.81. The van der Waals surface area contributed by atoms with Gasteiger partial charge in [0.05, 0.1) is 11.8 Å². The van der Waals surface area contributed by atoms with Crippen molar-refractivity contribution in [1.82, 2.24) is 5.01 Å². The summed E-state index contributed by atoms with van der Waals surface area (Å²) in [5, 5.41) is 5.58. The summed E-state index contributed by atoms with van der Waals surface area (Å²) in [5.74, 6) is 0. The van der Waals surface area contributed by atoms with Crippen molar-refractivity contribution >= 4 is 11.7 Å². The number of benzene rings is 1. The Balaban J connectivity index is 2.91. The number of urea groups is 1. The Morgan fingerprint density at radius 1 is 1.33 bits per heavy atom. The summed E-state index contributed by atoms with van der Waals surface area (Å²) in [5.41, 5.74) is 3.47. The van der Waals surface area contributed by atoms with Crippen LogP contribution in [-0.4, -0.2) is 24.3 Å². The lowest BCUT2D eigenvalue weighted by atomic mass is 10.1. The van der Waals surface area contributed by atoms with Crippen molar-refractivity contribution in [2.75, 3.05) is 18.5 Å². The number of nitroso groups, excluding NO2 is 1. The van der Waals surface area contributed by atoms with E-state index in [1.165, 1.54) is 0 Å². The Hall–Kier alpha value is -1.98. The Labute approximate surface area is 105 Å². The van der Waals surface area contributed by atoms with Gasteiger partial charge in [-0.05, 0) is 31.9 Å². The molecule has 1 aromatic rings. The first-order valence-electron chi connectivity index (χ1n) is 5.55. The van der Waals surface area contributed by atoms with Gasteiger partial charge in [0.15, 0.2) is 0 Å². The molecular formula is C12H16FN3O2. The highest BCUT2D eigenvalue weighted by Gasteiger charge is 2.15. The largest absolute Gasteiger partial charge is 0.344 e. The van der Waals surface area contributed by atoms with E-state index in [0.717, 1.165) is 16.7 Å². The van der Waals surface area contributed by atoms with Gasteiger partial charge >= 0.3 is 6.03 Å². The lowest BCUT2D eigenvalue weighted by Gasteiger charge is -2.16. The first-order valence-corrected chi connectivity index (χ1v) is 5.55. The summed E-state index contributed by atoms with van der Waals surface area (Å²) in [4.78, 5) is 22.1. The summed E-state index contributed by atoms with van der Waals surface area (Å²) in [7, 11) is 0. The van der Waals surface area contributed by atoms with E-state index in [2.05, 4.69) is 10.6 Å². The molecule has 0 aliphatic rings. The molecule has 0 unspecified atom stereocenters. The molecule has 0 saturated carbocycles. The molecule has 0 heterocycles. The van der Waals surface area contributed by atoms with E-state index in [4.69, 9.17) is 0 Å². The van der Waals surface area contributed by atoms with Crippen LogP contribution in [0.1, 0.15) is 16.7 Å². The minimum Gasteiger partial charge on any atom is -0.306 e. The first kappa shape index (κ1) is 14.1. The number of rotatable bonds is 4. The normalized spacial score (nSPS) is 10.0. The number of halogens is 1. The highest BCUT2D eigenvalue weighted by molar-refractivity contribution is 5.90. The molecule has 0 fully saturated rings. The van der Waals surface area contributed by atoms with Crippen LogP contribution in [-0.2, 0) is 0 Å². The second-order valence-electron chi connectivity index (χ2n) is 4.10. The molecule has 0 atom stereocenters. The van der Waals surface area contributed by atoms with Crippen LogP contribution in [0.25, 0.3) is 0 Å². The molecule has 5 nitrogen and oxygen atoms in total. The standard InChI is InChI=1S/C12H16FN3O2/c1-8-6-9(2)11(10(3)7-8)14-12(17)16(15-18)5-4-13/h6-7H,4-5H2,1-3H3,(H,14,17). The Morgan fingerprint density at radius 3 is 2.33 bits per heavy atom. The molecular weight excluding hydrogens is 237 g/mol. The van der Waals surface area contributed by atoms with Crippen LogP contribution in [0.4, 0.5) is 14.9 Å². The number of hydrogen-bond donors (Lipinski definition) is 1. The lowest BCUT2D eigenvalue weighted by Crippen LogP contribution is -2.32. The zero-order valence-corrected chi connectivity index (χ0v) is 10.7. The maximum atomic E-state index is 12.1. The number of nitrogens with one attached hydrogen (secondary N) is 1. The fraction of sp³-hybridized carbons (Fsp3) is 0.417. The third-order valence-corrected chi connectivity index (χ3v) is 2.54. The summed E-state index contributed by atoms with van der Waals surface area (Å²) in [6.45, 7) is 4.49. The zero-order valence-electron chi connectivity index (χ0n) is 10.7. The molecule has 18 heavy (non-hydrogen) atoms. The summed E-state index contributed by atoms with van der Waals surface area (Å²) in [6.07, 6.45) is 0. The van der Waals surface area contributed by atoms with E-state index in [1.54, 1.807) is 0 Å². The quantitative estimate of drug-likeness (QED) is 0.662. The summed E-state index contributed by atoms with van der Waals surface area (Å²) >= 11 is 0. The van der Waals surface area contributed by atoms with Crippen LogP contribution >= 0.6 is 0 Å². The van der Waals surface area contributed by atoms with Crippen molar-refractivity contribution in [3.8, 4) is 0 Å². The van der Waals surface area contributed by atoms with Gasteiger partial charge in [-0.3, -0.25) is 0 Å². The minimum absolute atomic E-state index is 0.348. The first-order chi connectivity index (χ1) is 8.49. The van der Waals surface area contributed by atoms with Crippen molar-refractivity contribution < 1.29 is 9.18 Å². The number of anilines is 1. The monoisotopic (exact) mass is 253 g/mol. The van der Waals surface area contributed by atoms with Crippen LogP contribution in [0.3, 0.4) is 0 Å². The molecule has 2 amide bonds. The predicted octanol–water partition coefficient (Wildman–Crippen LogP) is 3.10. The van der Waals surface area contributed by atoms with Crippen molar-refractivity contribution in [1.29, 1.82) is 0 Å². The van der Waals surface area contributed by atoms with Crippen LogP contribution < -0.4 is 5.32 Å². The minimum atomic E-state index is -0.814. The van der Waals surface area contributed by atoms with Gasteiger partial charge in [-0.2, -0.15) is 5.01 Å². The third-order valence-electron chi connectivity index (χ3n) is 2.54. The van der Waals surface area contributed by atoms with Gasteiger partial charge in [-0.15, -0.1) is 4.91 Å². The number of carbonyl (C=O) groups is 1. The van der Waals surface area contributed by atoms with E-state index in [0.29, 0.717) is 10.7 Å². The Morgan fingerprint density at radius 2 is 1.89 bits per heavy atom. The van der Waals surface area contributed by atoms with Gasteiger partial charge in [0.2, 0.25) is 0 Å². The Kier molecular flexibility index (Phi) is 4.76. The molecule has 0 aliphatic heterocycles. The van der Waals surface area contributed by atoms with Gasteiger partial charge in [0.25, 0.3) is 0 Å². The second-order valence-corrected chi connectivity index (χ2v) is 4.10. The summed E-state index contributed by atoms with van der Waals surface area (Å²) in [6, 6.07) is 3.10. The molecule has 1 N–H and O–H groups in total. The number of aryl methyl sites for hydroxylation is 3. The molecule has 0 aromatic heterocycles. The molecule has 0 bridgehead atoms. The average molecular weight is 253 g/mol. The molecule has 1 aromatic carbocycles. The topological polar surface area (TPSA) is 61.8 Å². The maximum absolute atomic E-state index is 12.1. The van der Waals surface area contributed by atoms with Gasteiger partial charge in [0.1, 0.15) is 6.67 Å². The van der Waals surface area contributed by atoms with E-state index in [1.807, 2.05) is 32.9 Å². The Bertz CT molecular complexity index is 440. The van der Waals surface area contributed by atoms with Gasteiger partial charge < -0.3 is 5.32 Å². The van der Waals surface area contributed by atoms with E-state index >= 15 is 0 Å². The van der Waals surface area contributed by atoms with Crippen molar-refractivity contribution in [2.45, 2.75) is 20.8 Å². The molecule has 1 rings (SSSR count). The number of amides is 2. The number of hydrogen-bond acceptors (Lipinski definition) is 3. The average Bonchev–Trinajstić information content (AvgIpc) is 2.30. The number of alkyl halides is 1. The lowest BCUT2D eigenvalue weighted by molar-refractivity contribution is 0.208. The van der Waals surface area contributed by atoms with Crippen LogP contribution in [0.2, 0.25) is 0 Å². The third kappa shape index (κ3) is 3.26. The molecule has 98 valence electrons. The van der Waals surface area contributed by atoms with E-state index in [9.17, 15) is 14.1 Å². The maximum Gasteiger partial charge on any atom is 0.344 e. The summed E-state index contributed by atoms with van der Waals surface area (Å²) < 4.78 is 12.1. The van der Waals surface area contributed by atoms with Gasteiger partial charge in [-0.1, -0.05) is 17.7 Å². The van der Waals surface area contributed by atoms with Crippen LogP contribution in [0.15, 0.2) is 17.4 Å². The zero-order chi connectivity index (χ0) is 13.7. The smallest absolute Gasteiger partial charge is 0.306 e. The van der Waals surface area contributed by atoms with E-state index < -0.39 is 12.7 Å². The molecule has 0 aliphatic carbocycles. The fourth-order valence-corrected chi connectivity index (χ4v) is 1.81. The molecule has 0 saturated heterocycles. The van der Waals surface area contributed by atoms with Crippen molar-refractivity contribution in [3.05, 3.63) is 33.7 Å². The van der Waals surface area contributed by atoms with E-state index in [-0.39, 0.29) is 6.54 Å².